The van der Waals surface area contributed by atoms with Crippen LogP contribution in [0.5, 0.6) is 0 Å². The fourth-order valence-corrected chi connectivity index (χ4v) is 4.53. The fourth-order valence-electron chi connectivity index (χ4n) is 3.16. The van der Waals surface area contributed by atoms with Crippen molar-refractivity contribution in [3.63, 3.8) is 0 Å². The minimum Gasteiger partial charge on any atom is -0.326 e. The van der Waals surface area contributed by atoms with Gasteiger partial charge in [-0.15, -0.1) is 0 Å². The van der Waals surface area contributed by atoms with Crippen molar-refractivity contribution in [1.82, 2.24) is 0 Å². The zero-order valence-electron chi connectivity index (χ0n) is 15.4. The lowest BCUT2D eigenvalue weighted by molar-refractivity contribution is -0.115. The van der Waals surface area contributed by atoms with Crippen LogP contribution in [0.25, 0.3) is 0 Å². The number of amides is 2. The van der Waals surface area contributed by atoms with E-state index in [1.54, 1.807) is 36.2 Å². The lowest BCUT2D eigenvalue weighted by Crippen LogP contribution is -2.26. The maximum atomic E-state index is 13.9. The van der Waals surface area contributed by atoms with Gasteiger partial charge in [0.2, 0.25) is 5.91 Å². The summed E-state index contributed by atoms with van der Waals surface area (Å²) in [5, 5.41) is 3.00. The van der Waals surface area contributed by atoms with Gasteiger partial charge in [-0.05, 0) is 42.5 Å². The van der Waals surface area contributed by atoms with Crippen LogP contribution in [0.15, 0.2) is 70.5 Å². The van der Waals surface area contributed by atoms with Crippen LogP contribution in [0.4, 0.5) is 15.8 Å². The van der Waals surface area contributed by atoms with Crippen LogP contribution in [0, 0.1) is 5.82 Å². The van der Waals surface area contributed by atoms with Gasteiger partial charge in [0.25, 0.3) is 5.91 Å². The molecule has 0 radical (unpaired) electrons. The Kier molecular flexibility index (Phi) is 5.30. The van der Waals surface area contributed by atoms with E-state index in [2.05, 4.69) is 5.32 Å². The standard InChI is InChI=1S/C22H16ClFN2O2S/c1-26-18-10-9-13(25-21(27)12-15-16(23)6-4-7-17(15)24)11-20(18)29-19-8-3-2-5-14(19)22(26)28/h2-11H,12H2,1H3,(H,25,27). The van der Waals surface area contributed by atoms with Crippen LogP contribution in [-0.4, -0.2) is 18.9 Å². The summed E-state index contributed by atoms with van der Waals surface area (Å²) in [7, 11) is 1.72. The van der Waals surface area contributed by atoms with Crippen molar-refractivity contribution in [2.75, 3.05) is 17.3 Å². The Morgan fingerprint density at radius 3 is 2.69 bits per heavy atom. The molecule has 1 N–H and O–H groups in total. The molecule has 7 heteroatoms. The lowest BCUT2D eigenvalue weighted by atomic mass is 10.1. The normalized spacial score (nSPS) is 12.8. The smallest absolute Gasteiger partial charge is 0.259 e. The van der Waals surface area contributed by atoms with E-state index < -0.39 is 5.82 Å². The second-order valence-electron chi connectivity index (χ2n) is 6.57. The van der Waals surface area contributed by atoms with Gasteiger partial charge in [-0.25, -0.2) is 4.39 Å². The molecule has 0 aliphatic carbocycles. The van der Waals surface area contributed by atoms with Crippen molar-refractivity contribution in [3.05, 3.63) is 82.6 Å². The number of nitrogens with zero attached hydrogens (tertiary/aromatic N) is 1. The van der Waals surface area contributed by atoms with Gasteiger partial charge in [0.1, 0.15) is 5.82 Å². The average Bonchev–Trinajstić information content (AvgIpc) is 2.80. The number of fused-ring (bicyclic) bond motifs is 2. The van der Waals surface area contributed by atoms with E-state index in [0.29, 0.717) is 11.3 Å². The predicted molar refractivity (Wildman–Crippen MR) is 113 cm³/mol. The van der Waals surface area contributed by atoms with E-state index in [-0.39, 0.29) is 28.8 Å². The van der Waals surface area contributed by atoms with Gasteiger partial charge in [0.05, 0.1) is 17.7 Å². The molecule has 2 amide bonds. The molecule has 0 fully saturated rings. The number of nitrogens with one attached hydrogen (secondary N) is 1. The van der Waals surface area contributed by atoms with Crippen LogP contribution in [0.3, 0.4) is 0 Å². The molecule has 4 rings (SSSR count). The van der Waals surface area contributed by atoms with Gasteiger partial charge in [-0.1, -0.05) is 41.6 Å². The van der Waals surface area contributed by atoms with Crippen LogP contribution in [0.2, 0.25) is 5.02 Å². The highest BCUT2D eigenvalue weighted by Crippen LogP contribution is 2.42. The summed E-state index contributed by atoms with van der Waals surface area (Å²) in [4.78, 5) is 28.4. The van der Waals surface area contributed by atoms with Crippen molar-refractivity contribution < 1.29 is 14.0 Å². The van der Waals surface area contributed by atoms with Gasteiger partial charge in [-0.2, -0.15) is 0 Å². The minimum atomic E-state index is -0.512. The molecule has 1 aliphatic rings. The van der Waals surface area contributed by atoms with Crippen LogP contribution in [-0.2, 0) is 11.2 Å². The topological polar surface area (TPSA) is 49.4 Å². The molecule has 0 aromatic heterocycles. The fraction of sp³-hybridized carbons (Fsp3) is 0.0909. The molecule has 0 bridgehead atoms. The van der Waals surface area contributed by atoms with E-state index in [9.17, 15) is 14.0 Å². The number of carbonyl (C=O) groups excluding carboxylic acids is 2. The molecule has 0 unspecified atom stereocenters. The number of hydrogen-bond donors (Lipinski definition) is 1. The zero-order chi connectivity index (χ0) is 20.5. The predicted octanol–water partition coefficient (Wildman–Crippen LogP) is 5.40. The van der Waals surface area contributed by atoms with Gasteiger partial charge >= 0.3 is 0 Å². The highest BCUT2D eigenvalue weighted by Gasteiger charge is 2.24. The Hall–Kier alpha value is -2.83. The van der Waals surface area contributed by atoms with Gasteiger partial charge in [0.15, 0.2) is 0 Å². The molecule has 0 saturated heterocycles. The second-order valence-corrected chi connectivity index (χ2v) is 8.06. The van der Waals surface area contributed by atoms with E-state index in [1.807, 2.05) is 24.3 Å². The van der Waals surface area contributed by atoms with E-state index >= 15 is 0 Å². The first-order valence-corrected chi connectivity index (χ1v) is 10.0. The SMILES string of the molecule is CN1C(=O)c2ccccc2Sc2cc(NC(=O)Cc3c(F)cccc3Cl)ccc21. The Morgan fingerprint density at radius 1 is 1.10 bits per heavy atom. The molecule has 1 aliphatic heterocycles. The molecule has 3 aromatic carbocycles. The summed E-state index contributed by atoms with van der Waals surface area (Å²) in [5.41, 5.74) is 2.12. The second kappa shape index (κ2) is 7.89. The number of halogens is 2. The Morgan fingerprint density at radius 2 is 1.90 bits per heavy atom. The van der Waals surface area contributed by atoms with Crippen LogP contribution >= 0.6 is 23.4 Å². The van der Waals surface area contributed by atoms with Gasteiger partial charge in [-0.3, -0.25) is 9.59 Å². The third kappa shape index (κ3) is 3.86. The largest absolute Gasteiger partial charge is 0.326 e. The van der Waals surface area contributed by atoms with Gasteiger partial charge < -0.3 is 10.2 Å². The van der Waals surface area contributed by atoms with Gasteiger partial charge in [0, 0.05) is 33.1 Å². The Balaban J connectivity index is 1.60. The quantitative estimate of drug-likeness (QED) is 0.609. The first kappa shape index (κ1) is 19.5. The molecular formula is C22H16ClFN2O2S. The summed E-state index contributed by atoms with van der Waals surface area (Å²) in [6.07, 6.45) is -0.170. The molecule has 1 heterocycles. The monoisotopic (exact) mass is 426 g/mol. The van der Waals surface area contributed by atoms with Crippen molar-refractivity contribution >= 4 is 46.6 Å². The third-order valence-corrected chi connectivity index (χ3v) is 6.12. The van der Waals surface area contributed by atoms with E-state index in [4.69, 9.17) is 11.6 Å². The highest BCUT2D eigenvalue weighted by molar-refractivity contribution is 7.99. The maximum Gasteiger partial charge on any atom is 0.259 e. The summed E-state index contributed by atoms with van der Waals surface area (Å²) in [5.74, 6) is -0.972. The van der Waals surface area contributed by atoms with Crippen LogP contribution in [0.1, 0.15) is 15.9 Å². The summed E-state index contributed by atoms with van der Waals surface area (Å²) >= 11 is 7.47. The summed E-state index contributed by atoms with van der Waals surface area (Å²) in [6.45, 7) is 0. The molecule has 3 aromatic rings. The number of benzene rings is 3. The highest BCUT2D eigenvalue weighted by atomic mass is 35.5. The van der Waals surface area contributed by atoms with E-state index in [0.717, 1.165) is 15.5 Å². The van der Waals surface area contributed by atoms with Crippen molar-refractivity contribution in [2.24, 2.45) is 0 Å². The molecule has 29 heavy (non-hydrogen) atoms. The molecule has 146 valence electrons. The lowest BCUT2D eigenvalue weighted by Gasteiger charge is -2.18. The van der Waals surface area contributed by atoms with Crippen molar-refractivity contribution in [3.8, 4) is 0 Å². The number of hydrogen-bond acceptors (Lipinski definition) is 3. The third-order valence-electron chi connectivity index (χ3n) is 4.65. The Bertz CT molecular complexity index is 1120. The molecule has 0 saturated carbocycles. The molecule has 0 atom stereocenters. The molecular weight excluding hydrogens is 411 g/mol. The average molecular weight is 427 g/mol. The first-order chi connectivity index (χ1) is 13.9. The van der Waals surface area contributed by atoms with Crippen molar-refractivity contribution in [1.29, 1.82) is 0 Å². The van der Waals surface area contributed by atoms with Crippen molar-refractivity contribution in [2.45, 2.75) is 16.2 Å². The number of carbonyl (C=O) groups is 2. The summed E-state index contributed by atoms with van der Waals surface area (Å²) in [6, 6.07) is 17.1. The van der Waals surface area contributed by atoms with E-state index in [1.165, 1.54) is 23.9 Å². The number of anilines is 2. The number of rotatable bonds is 3. The maximum absolute atomic E-state index is 13.9. The summed E-state index contributed by atoms with van der Waals surface area (Å²) < 4.78 is 13.9. The molecule has 0 spiro atoms. The minimum absolute atomic E-state index is 0.0853. The van der Waals surface area contributed by atoms with Crippen LogP contribution < -0.4 is 10.2 Å². The Labute approximate surface area is 176 Å². The zero-order valence-corrected chi connectivity index (χ0v) is 17.0. The molecule has 4 nitrogen and oxygen atoms in total. The first-order valence-electron chi connectivity index (χ1n) is 8.86.